The molecule has 3 aromatic heterocycles. The average Bonchev–Trinajstić information content (AvgIpc) is 3.81. The van der Waals surface area contributed by atoms with Gasteiger partial charge in [-0.1, -0.05) is 95.4 Å². The van der Waals surface area contributed by atoms with Crippen LogP contribution in [-0.2, 0) is 21.9 Å². The average molecular weight is 704 g/mol. The monoisotopic (exact) mass is 703 g/mol. The number of hydrogen-bond acceptors (Lipinski definition) is 10. The molecule has 0 saturated carbocycles. The number of carbonyl (C=O) groups is 2. The van der Waals surface area contributed by atoms with Gasteiger partial charge in [-0.25, -0.2) is 4.98 Å². The van der Waals surface area contributed by atoms with Crippen molar-refractivity contribution >= 4 is 51.3 Å². The number of rotatable bonds is 10. The second-order valence-corrected chi connectivity index (χ2v) is 14.1. The SMILES string of the molecule is COc1cc(C2/C(=C(\O)c3nc4c(C)cccn4c3C)C(=O)C(=O)N2c2nnc(SCc3ccc(C)cc3)s2)ccc1OCc1ccccc1. The number of nitrogens with zero attached hydrogens (tertiary/aromatic N) is 5. The molecule has 6 aromatic rings. The fraction of sp³-hybridized carbons (Fsp3) is 0.184. The van der Waals surface area contributed by atoms with E-state index in [2.05, 4.69) is 34.5 Å². The van der Waals surface area contributed by atoms with E-state index in [4.69, 9.17) is 14.5 Å². The molecule has 0 spiro atoms. The van der Waals surface area contributed by atoms with Gasteiger partial charge in [0.1, 0.15) is 17.9 Å². The topological polar surface area (TPSA) is 119 Å². The number of ketones is 1. The third-order valence-electron chi connectivity index (χ3n) is 8.58. The van der Waals surface area contributed by atoms with E-state index < -0.39 is 17.7 Å². The number of imidazole rings is 1. The molecule has 1 aliphatic heterocycles. The summed E-state index contributed by atoms with van der Waals surface area (Å²) in [6, 6.07) is 25.9. The number of anilines is 1. The van der Waals surface area contributed by atoms with Crippen LogP contribution >= 0.6 is 23.1 Å². The molecule has 1 N–H and O–H groups in total. The van der Waals surface area contributed by atoms with Gasteiger partial charge in [0, 0.05) is 11.9 Å². The number of pyridine rings is 1. The quantitative estimate of drug-likeness (QED) is 0.0505. The Balaban J connectivity index is 1.30. The van der Waals surface area contributed by atoms with E-state index in [0.717, 1.165) is 16.7 Å². The third-order valence-corrected chi connectivity index (χ3v) is 10.7. The van der Waals surface area contributed by atoms with Gasteiger partial charge in [0.15, 0.2) is 21.6 Å². The standard InChI is InChI=1S/C38H33N5O5S2/c1-22-12-14-26(15-13-22)21-49-38-41-40-37(50-38)43-32(27-16-17-28(29(19-27)47-4)48-20-25-10-6-5-7-11-25)30(34(45)36(43)46)33(44)31-24(3)42-18-8-9-23(2)35(42)39-31/h5-19,32,44H,20-21H2,1-4H3/b33-30+. The van der Waals surface area contributed by atoms with Crippen LogP contribution in [0.5, 0.6) is 11.5 Å². The predicted octanol–water partition coefficient (Wildman–Crippen LogP) is 7.62. The van der Waals surface area contributed by atoms with E-state index in [1.54, 1.807) is 18.2 Å². The molecule has 0 aliphatic carbocycles. The van der Waals surface area contributed by atoms with Gasteiger partial charge >= 0.3 is 5.91 Å². The van der Waals surface area contributed by atoms with Gasteiger partial charge in [0.05, 0.1) is 24.4 Å². The van der Waals surface area contributed by atoms with Crippen molar-refractivity contribution < 1.29 is 24.2 Å². The highest BCUT2D eigenvalue weighted by molar-refractivity contribution is 8.00. The number of ether oxygens (including phenoxy) is 2. The molecule has 3 aromatic carbocycles. The Hall–Kier alpha value is -5.46. The van der Waals surface area contributed by atoms with Crippen molar-refractivity contribution in [1.82, 2.24) is 19.6 Å². The minimum atomic E-state index is -1.06. The summed E-state index contributed by atoms with van der Waals surface area (Å²) in [5.74, 6) is -0.523. The number of methoxy groups -OCH3 is 1. The van der Waals surface area contributed by atoms with Crippen LogP contribution in [0.15, 0.2) is 101 Å². The largest absolute Gasteiger partial charge is 0.505 e. The van der Waals surface area contributed by atoms with Gasteiger partial charge in [0.2, 0.25) is 5.13 Å². The normalized spacial score (nSPS) is 15.6. The molecule has 1 saturated heterocycles. The molecule has 1 atom stereocenters. The zero-order valence-corrected chi connectivity index (χ0v) is 29.4. The molecule has 1 aliphatic rings. The molecule has 0 radical (unpaired) electrons. The van der Waals surface area contributed by atoms with Gasteiger partial charge in [0.25, 0.3) is 5.78 Å². The summed E-state index contributed by atoms with van der Waals surface area (Å²) in [6.07, 6.45) is 1.84. The molecule has 1 amide bonds. The van der Waals surface area contributed by atoms with Crippen molar-refractivity contribution in [3.63, 3.8) is 0 Å². The lowest BCUT2D eigenvalue weighted by Gasteiger charge is -2.23. The van der Waals surface area contributed by atoms with Crippen LogP contribution in [0.3, 0.4) is 0 Å². The van der Waals surface area contributed by atoms with E-state index in [1.165, 1.54) is 40.7 Å². The fourth-order valence-corrected chi connectivity index (χ4v) is 7.74. The van der Waals surface area contributed by atoms with Crippen molar-refractivity contribution in [2.75, 3.05) is 12.0 Å². The van der Waals surface area contributed by atoms with E-state index in [1.807, 2.05) is 73.8 Å². The number of hydrogen-bond donors (Lipinski definition) is 1. The van der Waals surface area contributed by atoms with Gasteiger partial charge < -0.3 is 19.0 Å². The lowest BCUT2D eigenvalue weighted by Crippen LogP contribution is -2.29. The number of Topliss-reactive ketones (excluding diaryl/α,β-unsaturated/α-hetero) is 1. The first kappa shape index (κ1) is 33.1. The number of amides is 1. The van der Waals surface area contributed by atoms with Crippen molar-refractivity contribution in [3.8, 4) is 11.5 Å². The van der Waals surface area contributed by atoms with Crippen LogP contribution in [0.1, 0.15) is 45.2 Å². The number of thioether (sulfide) groups is 1. The Bertz CT molecular complexity index is 2260. The Morgan fingerprint density at radius 3 is 2.44 bits per heavy atom. The van der Waals surface area contributed by atoms with E-state index in [0.29, 0.717) is 45.1 Å². The van der Waals surface area contributed by atoms with Crippen molar-refractivity contribution in [1.29, 1.82) is 0 Å². The molecule has 0 bridgehead atoms. The first-order valence-corrected chi connectivity index (χ1v) is 17.7. The van der Waals surface area contributed by atoms with Crippen LogP contribution in [-0.4, -0.2) is 43.5 Å². The van der Waals surface area contributed by atoms with Gasteiger partial charge in [-0.15, -0.1) is 10.2 Å². The summed E-state index contributed by atoms with van der Waals surface area (Å²) >= 11 is 2.70. The smallest absolute Gasteiger partial charge is 0.301 e. The van der Waals surface area contributed by atoms with Crippen LogP contribution in [0, 0.1) is 20.8 Å². The number of aliphatic hydroxyl groups excluding tert-OH is 1. The number of aliphatic hydroxyl groups is 1. The highest BCUT2D eigenvalue weighted by Gasteiger charge is 2.49. The summed E-state index contributed by atoms with van der Waals surface area (Å²) < 4.78 is 14.3. The summed E-state index contributed by atoms with van der Waals surface area (Å²) in [4.78, 5) is 33.9. The van der Waals surface area contributed by atoms with E-state index in [-0.39, 0.29) is 22.2 Å². The van der Waals surface area contributed by atoms with Crippen molar-refractivity contribution in [3.05, 3.63) is 136 Å². The van der Waals surface area contributed by atoms with Gasteiger partial charge in [-0.05, 0) is 61.2 Å². The Morgan fingerprint density at radius 1 is 0.920 bits per heavy atom. The second-order valence-electron chi connectivity index (χ2n) is 11.9. The van der Waals surface area contributed by atoms with Crippen molar-refractivity contribution in [2.45, 2.75) is 43.5 Å². The minimum Gasteiger partial charge on any atom is -0.505 e. The molecule has 12 heteroatoms. The number of aryl methyl sites for hydroxylation is 3. The molecular weight excluding hydrogens is 671 g/mol. The fourth-order valence-electron chi connectivity index (χ4n) is 5.92. The number of benzene rings is 3. The maximum atomic E-state index is 14.0. The summed E-state index contributed by atoms with van der Waals surface area (Å²) in [5.41, 5.74) is 6.05. The molecule has 1 unspecified atom stereocenters. The maximum Gasteiger partial charge on any atom is 0.301 e. The summed E-state index contributed by atoms with van der Waals surface area (Å²) in [7, 11) is 1.52. The Labute approximate surface area is 297 Å². The van der Waals surface area contributed by atoms with E-state index >= 15 is 0 Å². The highest BCUT2D eigenvalue weighted by Crippen LogP contribution is 2.46. The predicted molar refractivity (Wildman–Crippen MR) is 194 cm³/mol. The second kappa shape index (κ2) is 13.8. The van der Waals surface area contributed by atoms with Crippen LogP contribution in [0.25, 0.3) is 11.4 Å². The summed E-state index contributed by atoms with van der Waals surface area (Å²) in [5, 5.41) is 20.9. The molecule has 50 heavy (non-hydrogen) atoms. The van der Waals surface area contributed by atoms with Crippen LogP contribution in [0.2, 0.25) is 0 Å². The number of carbonyl (C=O) groups excluding carboxylic acids is 2. The van der Waals surface area contributed by atoms with Crippen LogP contribution < -0.4 is 14.4 Å². The Kier molecular flexibility index (Phi) is 9.13. The third kappa shape index (κ3) is 6.23. The minimum absolute atomic E-state index is 0.108. The first-order valence-electron chi connectivity index (χ1n) is 15.9. The maximum absolute atomic E-state index is 14.0. The number of aromatic nitrogens is 4. The zero-order chi connectivity index (χ0) is 34.9. The molecule has 7 rings (SSSR count). The molecule has 1 fully saturated rings. The van der Waals surface area contributed by atoms with Gasteiger partial charge in [-0.2, -0.15) is 0 Å². The van der Waals surface area contributed by atoms with Gasteiger partial charge in [-0.3, -0.25) is 14.5 Å². The molecule has 4 heterocycles. The zero-order valence-electron chi connectivity index (χ0n) is 27.8. The Morgan fingerprint density at radius 2 is 1.70 bits per heavy atom. The lowest BCUT2D eigenvalue weighted by atomic mass is 9.96. The van der Waals surface area contributed by atoms with Crippen LogP contribution in [0.4, 0.5) is 5.13 Å². The van der Waals surface area contributed by atoms with Crippen molar-refractivity contribution in [2.24, 2.45) is 0 Å². The highest BCUT2D eigenvalue weighted by atomic mass is 32.2. The van der Waals surface area contributed by atoms with E-state index in [9.17, 15) is 14.7 Å². The summed E-state index contributed by atoms with van der Waals surface area (Å²) in [6.45, 7) is 6.08. The molecular formula is C38H33N5O5S2. The molecule has 252 valence electrons. The first-order chi connectivity index (χ1) is 24.2. The number of fused-ring (bicyclic) bond motifs is 1. The lowest BCUT2D eigenvalue weighted by molar-refractivity contribution is -0.132. The molecule has 10 nitrogen and oxygen atoms in total.